The van der Waals surface area contributed by atoms with Crippen LogP contribution < -0.4 is 0 Å². The summed E-state index contributed by atoms with van der Waals surface area (Å²) >= 11 is 0. The minimum absolute atomic E-state index is 0.592. The summed E-state index contributed by atoms with van der Waals surface area (Å²) in [5.41, 5.74) is 1.36. The molecule has 1 aromatic carbocycles. The van der Waals surface area contributed by atoms with E-state index in [2.05, 4.69) is 21.4 Å². The average Bonchev–Trinajstić information content (AvgIpc) is 2.79. The Hall–Kier alpha value is -2.48. The van der Waals surface area contributed by atoms with Crippen molar-refractivity contribution in [3.63, 3.8) is 0 Å². The first kappa shape index (κ1) is 9.09. The molecule has 0 atom stereocenters. The van der Waals surface area contributed by atoms with Gasteiger partial charge in [0.2, 0.25) is 0 Å². The number of nitrogens with zero attached hydrogens (tertiary/aromatic N) is 5. The summed E-state index contributed by atoms with van der Waals surface area (Å²) in [7, 11) is 0. The molecule has 0 spiro atoms. The number of benzene rings is 1. The number of aromatic nitrogens is 3. The molecule has 0 unspecified atom stereocenters. The van der Waals surface area contributed by atoms with E-state index < -0.39 is 0 Å². The predicted octanol–water partition coefficient (Wildman–Crippen LogP) is 1.03. The van der Waals surface area contributed by atoms with Gasteiger partial charge in [-0.25, -0.2) is 4.68 Å². The van der Waals surface area contributed by atoms with Crippen LogP contribution in [0.2, 0.25) is 0 Å². The Bertz CT molecular complexity index is 507. The van der Waals surface area contributed by atoms with Gasteiger partial charge in [-0.2, -0.15) is 10.4 Å². The first-order valence-electron chi connectivity index (χ1n) is 4.28. The first-order valence-corrected chi connectivity index (χ1v) is 4.28. The van der Waals surface area contributed by atoms with E-state index in [4.69, 9.17) is 5.26 Å². The van der Waals surface area contributed by atoms with E-state index in [-0.39, 0.29) is 0 Å². The summed E-state index contributed by atoms with van der Waals surface area (Å²) < 4.78 is 1.47. The third-order valence-electron chi connectivity index (χ3n) is 1.82. The minimum atomic E-state index is 0.592. The van der Waals surface area contributed by atoms with Crippen LogP contribution in [0, 0.1) is 11.3 Å². The van der Waals surface area contributed by atoms with Crippen molar-refractivity contribution in [3.8, 4) is 6.07 Å². The van der Waals surface area contributed by atoms with E-state index in [1.54, 1.807) is 12.3 Å². The number of nitriles is 1. The molecule has 0 amide bonds. The van der Waals surface area contributed by atoms with Crippen LogP contribution in [-0.2, 0) is 0 Å². The molecular weight excluding hydrogens is 190 g/mol. The monoisotopic (exact) mass is 197 g/mol. The Labute approximate surface area is 86.3 Å². The van der Waals surface area contributed by atoms with Gasteiger partial charge in [-0.3, -0.25) is 0 Å². The number of rotatable bonds is 2. The topological polar surface area (TPSA) is 66.9 Å². The van der Waals surface area contributed by atoms with Crippen molar-refractivity contribution in [2.45, 2.75) is 0 Å². The van der Waals surface area contributed by atoms with Crippen LogP contribution in [0.1, 0.15) is 11.1 Å². The van der Waals surface area contributed by atoms with Gasteiger partial charge in [-0.15, -0.1) is 10.2 Å². The molecule has 2 aromatic rings. The standard InChI is InChI=1S/C10H7N5/c11-5-9-3-1-2-4-10(9)6-14-15-7-12-13-8-15/h1-4,6-8H/b14-6+. The molecule has 0 N–H and O–H groups in total. The summed E-state index contributed by atoms with van der Waals surface area (Å²) in [6.07, 6.45) is 4.55. The van der Waals surface area contributed by atoms with E-state index in [1.807, 2.05) is 18.2 Å². The maximum absolute atomic E-state index is 8.83. The van der Waals surface area contributed by atoms with Gasteiger partial charge in [0, 0.05) is 5.56 Å². The third-order valence-corrected chi connectivity index (χ3v) is 1.82. The highest BCUT2D eigenvalue weighted by Gasteiger charge is 1.96. The second kappa shape index (κ2) is 4.15. The molecule has 72 valence electrons. The van der Waals surface area contributed by atoms with Gasteiger partial charge in [0.1, 0.15) is 12.7 Å². The van der Waals surface area contributed by atoms with Crippen molar-refractivity contribution < 1.29 is 0 Å². The van der Waals surface area contributed by atoms with Gasteiger partial charge in [0.25, 0.3) is 0 Å². The van der Waals surface area contributed by atoms with Crippen LogP contribution in [-0.4, -0.2) is 21.1 Å². The minimum Gasteiger partial charge on any atom is -0.208 e. The van der Waals surface area contributed by atoms with E-state index in [0.717, 1.165) is 5.56 Å². The molecule has 0 aliphatic heterocycles. The lowest BCUT2D eigenvalue weighted by Gasteiger charge is -1.95. The largest absolute Gasteiger partial charge is 0.208 e. The molecule has 0 fully saturated rings. The maximum Gasteiger partial charge on any atom is 0.141 e. The Morgan fingerprint density at radius 3 is 2.73 bits per heavy atom. The zero-order valence-corrected chi connectivity index (χ0v) is 7.78. The molecule has 0 aliphatic carbocycles. The van der Waals surface area contributed by atoms with Crippen LogP contribution >= 0.6 is 0 Å². The zero-order chi connectivity index (χ0) is 10.5. The van der Waals surface area contributed by atoms with Crippen molar-refractivity contribution in [2.24, 2.45) is 5.10 Å². The smallest absolute Gasteiger partial charge is 0.141 e. The molecule has 0 bridgehead atoms. The molecule has 0 radical (unpaired) electrons. The summed E-state index contributed by atoms with van der Waals surface area (Å²) in [5.74, 6) is 0. The van der Waals surface area contributed by atoms with Crippen LogP contribution in [0.3, 0.4) is 0 Å². The van der Waals surface area contributed by atoms with Crippen molar-refractivity contribution in [3.05, 3.63) is 48.0 Å². The van der Waals surface area contributed by atoms with Crippen LogP contribution in [0.5, 0.6) is 0 Å². The van der Waals surface area contributed by atoms with E-state index in [1.165, 1.54) is 17.3 Å². The van der Waals surface area contributed by atoms with Gasteiger partial charge < -0.3 is 0 Å². The average molecular weight is 197 g/mol. The second-order valence-electron chi connectivity index (χ2n) is 2.79. The lowest BCUT2D eigenvalue weighted by molar-refractivity contribution is 0.878. The lowest BCUT2D eigenvalue weighted by Crippen LogP contribution is -1.90. The van der Waals surface area contributed by atoms with Crippen LogP contribution in [0.4, 0.5) is 0 Å². The van der Waals surface area contributed by atoms with E-state index in [9.17, 15) is 0 Å². The quantitative estimate of drug-likeness (QED) is 0.675. The van der Waals surface area contributed by atoms with E-state index in [0.29, 0.717) is 5.56 Å². The molecule has 15 heavy (non-hydrogen) atoms. The van der Waals surface area contributed by atoms with Crippen molar-refractivity contribution in [1.82, 2.24) is 14.9 Å². The molecular formula is C10H7N5. The summed E-state index contributed by atoms with van der Waals surface area (Å²) in [4.78, 5) is 0. The molecule has 0 saturated heterocycles. The zero-order valence-electron chi connectivity index (χ0n) is 7.78. The van der Waals surface area contributed by atoms with Gasteiger partial charge in [0.15, 0.2) is 0 Å². The number of hydrogen-bond acceptors (Lipinski definition) is 4. The maximum atomic E-state index is 8.83. The SMILES string of the molecule is N#Cc1ccccc1/C=N/n1cnnc1. The van der Waals surface area contributed by atoms with Gasteiger partial charge in [-0.1, -0.05) is 18.2 Å². The highest BCUT2D eigenvalue weighted by molar-refractivity contribution is 5.83. The lowest BCUT2D eigenvalue weighted by atomic mass is 10.1. The van der Waals surface area contributed by atoms with Gasteiger partial charge >= 0.3 is 0 Å². The summed E-state index contributed by atoms with van der Waals surface area (Å²) in [5, 5.41) is 20.1. The highest BCUT2D eigenvalue weighted by Crippen LogP contribution is 2.03. The summed E-state index contributed by atoms with van der Waals surface area (Å²) in [6, 6.07) is 9.33. The Morgan fingerprint density at radius 2 is 2.00 bits per heavy atom. The van der Waals surface area contributed by atoms with Crippen LogP contribution in [0.25, 0.3) is 0 Å². The molecule has 5 heteroatoms. The molecule has 0 aliphatic rings. The predicted molar refractivity (Wildman–Crippen MR) is 54.2 cm³/mol. The Morgan fingerprint density at radius 1 is 1.27 bits per heavy atom. The molecule has 1 aromatic heterocycles. The second-order valence-corrected chi connectivity index (χ2v) is 2.79. The van der Waals surface area contributed by atoms with Gasteiger partial charge in [-0.05, 0) is 6.07 Å². The normalized spacial score (nSPS) is 10.3. The molecule has 1 heterocycles. The van der Waals surface area contributed by atoms with Gasteiger partial charge in [0.05, 0.1) is 17.8 Å². The Balaban J connectivity index is 2.29. The summed E-state index contributed by atoms with van der Waals surface area (Å²) in [6.45, 7) is 0. The fraction of sp³-hybridized carbons (Fsp3) is 0. The Kier molecular flexibility index (Phi) is 2.52. The van der Waals surface area contributed by atoms with Crippen molar-refractivity contribution in [1.29, 1.82) is 5.26 Å². The van der Waals surface area contributed by atoms with E-state index >= 15 is 0 Å². The fourth-order valence-corrected chi connectivity index (χ4v) is 1.10. The fourth-order valence-electron chi connectivity index (χ4n) is 1.10. The molecule has 0 saturated carbocycles. The first-order chi connectivity index (χ1) is 7.40. The molecule has 2 rings (SSSR count). The highest BCUT2D eigenvalue weighted by atomic mass is 15.4. The van der Waals surface area contributed by atoms with Crippen LogP contribution in [0.15, 0.2) is 42.0 Å². The number of hydrogen-bond donors (Lipinski definition) is 0. The van der Waals surface area contributed by atoms with Crippen molar-refractivity contribution in [2.75, 3.05) is 0 Å². The third kappa shape index (κ3) is 2.06. The van der Waals surface area contributed by atoms with Crippen molar-refractivity contribution >= 4 is 6.21 Å². The molecule has 5 nitrogen and oxygen atoms in total.